The van der Waals surface area contributed by atoms with Crippen molar-refractivity contribution in [2.75, 3.05) is 29.9 Å². The average molecular weight is 486 g/mol. The summed E-state index contributed by atoms with van der Waals surface area (Å²) in [5.74, 6) is 1.83. The van der Waals surface area contributed by atoms with Gasteiger partial charge >= 0.3 is 0 Å². The summed E-state index contributed by atoms with van der Waals surface area (Å²) in [5, 5.41) is 16.5. The van der Waals surface area contributed by atoms with Gasteiger partial charge in [0.05, 0.1) is 11.9 Å². The van der Waals surface area contributed by atoms with Crippen LogP contribution in [0, 0.1) is 0 Å². The second-order valence-electron chi connectivity index (χ2n) is 10.4. The third-order valence-corrected chi connectivity index (χ3v) is 7.77. The lowest BCUT2D eigenvalue weighted by Gasteiger charge is -2.45. The molecular weight excluding hydrogens is 450 g/mol. The Balaban J connectivity index is 1.30. The minimum Gasteiger partial charge on any atom is -0.350 e. The van der Waals surface area contributed by atoms with Crippen LogP contribution < -0.4 is 15.5 Å². The van der Waals surface area contributed by atoms with Gasteiger partial charge in [-0.15, -0.1) is 0 Å². The Morgan fingerprint density at radius 2 is 1.89 bits per heavy atom. The van der Waals surface area contributed by atoms with Gasteiger partial charge in [-0.3, -0.25) is 0 Å². The summed E-state index contributed by atoms with van der Waals surface area (Å²) < 4.78 is 3.75. The summed E-state index contributed by atoms with van der Waals surface area (Å²) in [6.07, 6.45) is 11.9. The van der Waals surface area contributed by atoms with Gasteiger partial charge in [-0.1, -0.05) is 38.5 Å². The van der Waals surface area contributed by atoms with Crippen molar-refractivity contribution in [3.8, 4) is 5.69 Å². The standard InChI is InChI=1S/C27H35N9/c1-20(2)22-19-31-36-24(22)32-26(34-16-11-27(12-17-34)10-5-6-13-29-27)33-25(36)28-18-21-8-3-4-9-23(21)35-15-7-14-30-35/h3-4,7-9,14-15,19-20,29H,5-6,10-13,16-18H2,1-2H3,(H,28,32,33). The number of hydrogen-bond acceptors (Lipinski definition) is 7. The quantitative estimate of drug-likeness (QED) is 0.424. The molecule has 36 heavy (non-hydrogen) atoms. The van der Waals surface area contributed by atoms with Gasteiger partial charge in [0.15, 0.2) is 5.65 Å². The van der Waals surface area contributed by atoms with E-state index >= 15 is 0 Å². The van der Waals surface area contributed by atoms with Crippen molar-refractivity contribution in [2.45, 2.75) is 64.0 Å². The molecule has 2 aliphatic rings. The van der Waals surface area contributed by atoms with E-state index in [0.29, 0.717) is 23.9 Å². The minimum atomic E-state index is 0.301. The van der Waals surface area contributed by atoms with Crippen LogP contribution in [-0.2, 0) is 6.54 Å². The van der Waals surface area contributed by atoms with E-state index in [-0.39, 0.29) is 0 Å². The van der Waals surface area contributed by atoms with Gasteiger partial charge in [-0.2, -0.15) is 24.7 Å². The van der Waals surface area contributed by atoms with Crippen LogP contribution in [0.1, 0.15) is 63.0 Å². The number of benzene rings is 1. The van der Waals surface area contributed by atoms with Gasteiger partial charge < -0.3 is 15.5 Å². The molecule has 2 N–H and O–H groups in total. The van der Waals surface area contributed by atoms with Gasteiger partial charge in [0.2, 0.25) is 11.9 Å². The first-order valence-corrected chi connectivity index (χ1v) is 13.2. The molecule has 0 bridgehead atoms. The maximum Gasteiger partial charge on any atom is 0.230 e. The lowest BCUT2D eigenvalue weighted by Crippen LogP contribution is -2.55. The smallest absolute Gasteiger partial charge is 0.230 e. The van der Waals surface area contributed by atoms with Gasteiger partial charge in [0.25, 0.3) is 0 Å². The van der Waals surface area contributed by atoms with Crippen molar-refractivity contribution in [2.24, 2.45) is 0 Å². The molecule has 4 aromatic rings. The Morgan fingerprint density at radius 1 is 1.03 bits per heavy atom. The van der Waals surface area contributed by atoms with Crippen LogP contribution in [0.4, 0.5) is 11.9 Å². The van der Waals surface area contributed by atoms with Crippen molar-refractivity contribution in [1.82, 2.24) is 34.7 Å². The molecule has 2 saturated heterocycles. The van der Waals surface area contributed by atoms with E-state index in [2.05, 4.69) is 57.8 Å². The molecule has 0 saturated carbocycles. The van der Waals surface area contributed by atoms with Crippen molar-refractivity contribution >= 4 is 17.5 Å². The molecule has 188 valence electrons. The Hall–Kier alpha value is -3.46. The van der Waals surface area contributed by atoms with E-state index in [0.717, 1.165) is 60.9 Å². The summed E-state index contributed by atoms with van der Waals surface area (Å²) in [6, 6.07) is 10.2. The number of nitrogens with zero attached hydrogens (tertiary/aromatic N) is 7. The predicted molar refractivity (Wildman–Crippen MR) is 142 cm³/mol. The van der Waals surface area contributed by atoms with Crippen LogP contribution in [0.5, 0.6) is 0 Å². The van der Waals surface area contributed by atoms with E-state index in [1.165, 1.54) is 19.3 Å². The molecule has 9 nitrogen and oxygen atoms in total. The molecule has 0 amide bonds. The summed E-state index contributed by atoms with van der Waals surface area (Å²) in [6.45, 7) is 8.05. The first-order valence-electron chi connectivity index (χ1n) is 13.2. The topological polar surface area (TPSA) is 88.2 Å². The van der Waals surface area contributed by atoms with Crippen LogP contribution in [0.2, 0.25) is 0 Å². The van der Waals surface area contributed by atoms with Crippen LogP contribution >= 0.6 is 0 Å². The normalized spacial score (nSPS) is 17.8. The molecule has 1 spiro atoms. The number of fused-ring (bicyclic) bond motifs is 1. The second-order valence-corrected chi connectivity index (χ2v) is 10.4. The molecule has 6 rings (SSSR count). The SMILES string of the molecule is CC(C)c1cnn2c(NCc3ccccc3-n3cccn3)nc(N3CCC4(CCCCN4)CC3)nc12. The highest BCUT2D eigenvalue weighted by atomic mass is 15.4. The highest BCUT2D eigenvalue weighted by Crippen LogP contribution is 2.32. The number of rotatable bonds is 6. The predicted octanol–water partition coefficient (Wildman–Crippen LogP) is 4.16. The van der Waals surface area contributed by atoms with E-state index in [1.54, 1.807) is 6.20 Å². The first-order chi connectivity index (χ1) is 17.6. The number of hydrogen-bond donors (Lipinski definition) is 2. The molecule has 1 aromatic carbocycles. The van der Waals surface area contributed by atoms with E-state index in [4.69, 9.17) is 9.97 Å². The molecular formula is C27H35N9. The fourth-order valence-electron chi connectivity index (χ4n) is 5.61. The molecule has 9 heteroatoms. The zero-order valence-corrected chi connectivity index (χ0v) is 21.2. The maximum atomic E-state index is 5.03. The largest absolute Gasteiger partial charge is 0.350 e. The summed E-state index contributed by atoms with van der Waals surface area (Å²) in [5.41, 5.74) is 4.50. The molecule has 3 aromatic heterocycles. The Bertz CT molecular complexity index is 1310. The average Bonchev–Trinajstić information content (AvgIpc) is 3.59. The second kappa shape index (κ2) is 9.54. The van der Waals surface area contributed by atoms with Crippen LogP contribution in [0.15, 0.2) is 48.9 Å². The Morgan fingerprint density at radius 3 is 2.64 bits per heavy atom. The van der Waals surface area contributed by atoms with E-state index in [1.807, 2.05) is 33.7 Å². The molecule has 5 heterocycles. The van der Waals surface area contributed by atoms with Gasteiger partial charge in [0.1, 0.15) is 0 Å². The summed E-state index contributed by atoms with van der Waals surface area (Å²) >= 11 is 0. The van der Waals surface area contributed by atoms with Crippen LogP contribution in [0.3, 0.4) is 0 Å². The highest BCUT2D eigenvalue weighted by molar-refractivity contribution is 5.57. The van der Waals surface area contributed by atoms with Crippen LogP contribution in [0.25, 0.3) is 11.3 Å². The molecule has 0 radical (unpaired) electrons. The zero-order chi connectivity index (χ0) is 24.5. The number of anilines is 2. The van der Waals surface area contributed by atoms with Crippen molar-refractivity contribution in [3.63, 3.8) is 0 Å². The molecule has 0 unspecified atom stereocenters. The molecule has 0 atom stereocenters. The molecule has 2 fully saturated rings. The number of piperidine rings is 2. The maximum absolute atomic E-state index is 5.03. The fourth-order valence-corrected chi connectivity index (χ4v) is 5.61. The highest BCUT2D eigenvalue weighted by Gasteiger charge is 2.36. The number of aromatic nitrogens is 6. The first kappa shape index (κ1) is 23.0. The zero-order valence-electron chi connectivity index (χ0n) is 21.2. The van der Waals surface area contributed by atoms with Crippen molar-refractivity contribution < 1.29 is 0 Å². The van der Waals surface area contributed by atoms with Gasteiger partial charge in [-0.25, -0.2) is 4.68 Å². The molecule has 0 aliphatic carbocycles. The lowest BCUT2D eigenvalue weighted by atomic mass is 9.80. The minimum absolute atomic E-state index is 0.301. The monoisotopic (exact) mass is 485 g/mol. The lowest BCUT2D eigenvalue weighted by molar-refractivity contribution is 0.205. The summed E-state index contributed by atoms with van der Waals surface area (Å²) in [7, 11) is 0. The number of nitrogens with one attached hydrogen (secondary N) is 2. The van der Waals surface area contributed by atoms with E-state index < -0.39 is 0 Å². The van der Waals surface area contributed by atoms with Gasteiger partial charge in [-0.05, 0) is 55.8 Å². The summed E-state index contributed by atoms with van der Waals surface area (Å²) in [4.78, 5) is 12.4. The fraction of sp³-hybridized carbons (Fsp3) is 0.481. The number of para-hydroxylation sites is 1. The van der Waals surface area contributed by atoms with Gasteiger partial charge in [0, 0.05) is 43.1 Å². The van der Waals surface area contributed by atoms with E-state index in [9.17, 15) is 0 Å². The van der Waals surface area contributed by atoms with Crippen LogP contribution in [-0.4, -0.2) is 54.5 Å². The van der Waals surface area contributed by atoms with Crippen molar-refractivity contribution in [1.29, 1.82) is 0 Å². The molecule has 2 aliphatic heterocycles. The Kier molecular flexibility index (Phi) is 6.08. The Labute approximate surface area is 211 Å². The third kappa shape index (κ3) is 4.32. The van der Waals surface area contributed by atoms with Crippen molar-refractivity contribution in [3.05, 3.63) is 60.0 Å². The third-order valence-electron chi connectivity index (χ3n) is 7.77.